The first-order valence-electron chi connectivity index (χ1n) is 5.26. The third kappa shape index (κ3) is 4.21. The largest absolute Gasteiger partial charge is 0.504 e. The van der Waals surface area contributed by atoms with Crippen LogP contribution in [0.3, 0.4) is 0 Å². The van der Waals surface area contributed by atoms with E-state index in [0.29, 0.717) is 18.4 Å². The van der Waals surface area contributed by atoms with Crippen molar-refractivity contribution in [3.05, 3.63) is 24.3 Å². The topological polar surface area (TPSA) is 41.5 Å². The second kappa shape index (κ2) is 5.61. The molecular weight excluding hydrogens is 190 g/mol. The van der Waals surface area contributed by atoms with E-state index in [1.54, 1.807) is 18.2 Å². The maximum atomic E-state index is 9.46. The summed E-state index contributed by atoms with van der Waals surface area (Å²) in [6.45, 7) is 6.79. The Morgan fingerprint density at radius 2 is 1.93 bits per heavy atom. The fraction of sp³-hybridized carbons (Fsp3) is 0.500. The van der Waals surface area contributed by atoms with Crippen LogP contribution in [0.5, 0.6) is 11.5 Å². The molecule has 2 N–H and O–H groups in total. The average Bonchev–Trinajstić information content (AvgIpc) is 2.15. The molecule has 0 aliphatic carbocycles. The molecular formula is C12H19NO2. The molecule has 1 aromatic carbocycles. The van der Waals surface area contributed by atoms with E-state index in [0.717, 1.165) is 0 Å². The van der Waals surface area contributed by atoms with Gasteiger partial charge in [-0.1, -0.05) is 26.0 Å². The van der Waals surface area contributed by atoms with Crippen molar-refractivity contribution in [2.24, 2.45) is 0 Å². The third-order valence-electron chi connectivity index (χ3n) is 1.97. The van der Waals surface area contributed by atoms with Gasteiger partial charge in [-0.2, -0.15) is 0 Å². The van der Waals surface area contributed by atoms with Crippen LogP contribution in [-0.2, 0) is 0 Å². The summed E-state index contributed by atoms with van der Waals surface area (Å²) in [5.74, 6) is 0.726. The predicted octanol–water partition coefficient (Wildman–Crippen LogP) is 2.16. The lowest BCUT2D eigenvalue weighted by Crippen LogP contribution is -2.36. The zero-order chi connectivity index (χ0) is 11.3. The van der Waals surface area contributed by atoms with Crippen LogP contribution >= 0.6 is 0 Å². The summed E-state index contributed by atoms with van der Waals surface area (Å²) in [5, 5.41) is 12.8. The van der Waals surface area contributed by atoms with E-state index >= 15 is 0 Å². The summed E-state index contributed by atoms with van der Waals surface area (Å²) in [5.41, 5.74) is 0. The van der Waals surface area contributed by atoms with Crippen LogP contribution in [-0.4, -0.2) is 23.8 Å². The van der Waals surface area contributed by atoms with E-state index in [-0.39, 0.29) is 11.8 Å². The molecule has 1 atom stereocenters. The highest BCUT2D eigenvalue weighted by Gasteiger charge is 2.06. The van der Waals surface area contributed by atoms with Gasteiger partial charge in [0.1, 0.15) is 6.61 Å². The van der Waals surface area contributed by atoms with Gasteiger partial charge in [0.05, 0.1) is 0 Å². The molecule has 0 heterocycles. The lowest BCUT2D eigenvalue weighted by atomic mass is 10.3. The van der Waals surface area contributed by atoms with Crippen molar-refractivity contribution < 1.29 is 9.84 Å². The zero-order valence-corrected chi connectivity index (χ0v) is 9.53. The van der Waals surface area contributed by atoms with Crippen LogP contribution in [0.2, 0.25) is 0 Å². The van der Waals surface area contributed by atoms with Crippen LogP contribution in [0, 0.1) is 0 Å². The monoisotopic (exact) mass is 209 g/mol. The van der Waals surface area contributed by atoms with E-state index in [1.807, 2.05) is 6.07 Å². The zero-order valence-electron chi connectivity index (χ0n) is 9.53. The summed E-state index contributed by atoms with van der Waals surface area (Å²) in [7, 11) is 0. The number of nitrogens with one attached hydrogen (secondary N) is 1. The molecule has 0 aliphatic rings. The van der Waals surface area contributed by atoms with Crippen molar-refractivity contribution in [3.63, 3.8) is 0 Å². The average molecular weight is 209 g/mol. The molecule has 0 aliphatic heterocycles. The van der Waals surface area contributed by atoms with Crippen molar-refractivity contribution >= 4 is 0 Å². The Hall–Kier alpha value is -1.22. The van der Waals surface area contributed by atoms with Gasteiger partial charge in [-0.25, -0.2) is 0 Å². The lowest BCUT2D eigenvalue weighted by molar-refractivity contribution is 0.255. The first kappa shape index (κ1) is 11.9. The molecule has 0 radical (unpaired) electrons. The number of hydrogen-bond acceptors (Lipinski definition) is 3. The Balaban J connectivity index is 2.40. The van der Waals surface area contributed by atoms with Crippen LogP contribution < -0.4 is 10.1 Å². The molecule has 84 valence electrons. The van der Waals surface area contributed by atoms with Crippen LogP contribution in [0.15, 0.2) is 24.3 Å². The molecule has 3 nitrogen and oxygen atoms in total. The number of phenols is 1. The minimum atomic E-state index is 0.189. The minimum absolute atomic E-state index is 0.189. The lowest BCUT2D eigenvalue weighted by Gasteiger charge is -2.17. The van der Waals surface area contributed by atoms with Crippen LogP contribution in [0.1, 0.15) is 20.8 Å². The molecule has 1 rings (SSSR count). The molecule has 0 bridgehead atoms. The summed E-state index contributed by atoms with van der Waals surface area (Å²) >= 11 is 0. The SMILES string of the molecule is CC(C)NC(C)COc1ccccc1O. The number of para-hydroxylation sites is 2. The van der Waals surface area contributed by atoms with Gasteiger partial charge in [0.15, 0.2) is 11.5 Å². The summed E-state index contributed by atoms with van der Waals surface area (Å²) < 4.78 is 5.49. The van der Waals surface area contributed by atoms with Crippen molar-refractivity contribution in [1.82, 2.24) is 5.32 Å². The molecule has 0 saturated carbocycles. The number of benzene rings is 1. The normalized spacial score (nSPS) is 12.8. The quantitative estimate of drug-likeness (QED) is 0.780. The van der Waals surface area contributed by atoms with Gasteiger partial charge in [0.2, 0.25) is 0 Å². The molecule has 1 unspecified atom stereocenters. The van der Waals surface area contributed by atoms with Gasteiger partial charge in [-0.15, -0.1) is 0 Å². The summed E-state index contributed by atoms with van der Waals surface area (Å²) in [4.78, 5) is 0. The third-order valence-corrected chi connectivity index (χ3v) is 1.97. The highest BCUT2D eigenvalue weighted by atomic mass is 16.5. The van der Waals surface area contributed by atoms with Gasteiger partial charge >= 0.3 is 0 Å². The van der Waals surface area contributed by atoms with E-state index < -0.39 is 0 Å². The van der Waals surface area contributed by atoms with Crippen molar-refractivity contribution in [2.75, 3.05) is 6.61 Å². The first-order valence-corrected chi connectivity index (χ1v) is 5.26. The highest BCUT2D eigenvalue weighted by molar-refractivity contribution is 5.37. The Labute approximate surface area is 91.1 Å². The van der Waals surface area contributed by atoms with Crippen LogP contribution in [0.4, 0.5) is 0 Å². The predicted molar refractivity (Wildman–Crippen MR) is 61.3 cm³/mol. The van der Waals surface area contributed by atoms with Crippen molar-refractivity contribution in [3.8, 4) is 11.5 Å². The summed E-state index contributed by atoms with van der Waals surface area (Å²) in [6, 6.07) is 7.71. The van der Waals surface area contributed by atoms with Crippen molar-refractivity contribution in [2.45, 2.75) is 32.9 Å². The molecule has 0 saturated heterocycles. The summed E-state index contributed by atoms with van der Waals surface area (Å²) in [6.07, 6.45) is 0. The number of hydrogen-bond donors (Lipinski definition) is 2. The first-order chi connectivity index (χ1) is 7.09. The van der Waals surface area contributed by atoms with Gasteiger partial charge in [0, 0.05) is 12.1 Å². The fourth-order valence-corrected chi connectivity index (χ4v) is 1.41. The van der Waals surface area contributed by atoms with Gasteiger partial charge in [0.25, 0.3) is 0 Å². The Morgan fingerprint density at radius 3 is 2.53 bits per heavy atom. The minimum Gasteiger partial charge on any atom is -0.504 e. The van der Waals surface area contributed by atoms with E-state index in [2.05, 4.69) is 26.1 Å². The van der Waals surface area contributed by atoms with E-state index in [9.17, 15) is 5.11 Å². The van der Waals surface area contributed by atoms with Gasteiger partial charge < -0.3 is 15.2 Å². The Morgan fingerprint density at radius 1 is 1.27 bits per heavy atom. The number of aromatic hydroxyl groups is 1. The number of ether oxygens (including phenoxy) is 1. The van der Waals surface area contributed by atoms with E-state index in [1.165, 1.54) is 0 Å². The second-order valence-corrected chi connectivity index (χ2v) is 4.00. The smallest absolute Gasteiger partial charge is 0.160 e. The number of phenolic OH excluding ortho intramolecular Hbond substituents is 1. The maximum absolute atomic E-state index is 9.46. The standard InChI is InChI=1S/C12H19NO2/c1-9(2)13-10(3)8-15-12-7-5-4-6-11(12)14/h4-7,9-10,13-14H,8H2,1-3H3. The van der Waals surface area contributed by atoms with E-state index in [4.69, 9.17) is 4.74 Å². The number of rotatable bonds is 5. The molecule has 1 aromatic rings. The van der Waals surface area contributed by atoms with Crippen molar-refractivity contribution in [1.29, 1.82) is 0 Å². The van der Waals surface area contributed by atoms with Gasteiger partial charge in [-0.05, 0) is 19.1 Å². The molecule has 15 heavy (non-hydrogen) atoms. The maximum Gasteiger partial charge on any atom is 0.160 e. The molecule has 3 heteroatoms. The Kier molecular flexibility index (Phi) is 4.43. The second-order valence-electron chi connectivity index (χ2n) is 4.00. The molecule has 0 spiro atoms. The molecule has 0 fully saturated rings. The fourth-order valence-electron chi connectivity index (χ4n) is 1.41. The van der Waals surface area contributed by atoms with Crippen LogP contribution in [0.25, 0.3) is 0 Å². The Bertz CT molecular complexity index is 299. The molecule has 0 aromatic heterocycles. The highest BCUT2D eigenvalue weighted by Crippen LogP contribution is 2.24. The van der Waals surface area contributed by atoms with Gasteiger partial charge in [-0.3, -0.25) is 0 Å². The molecule has 0 amide bonds.